The average molecular weight is 741 g/mol. The predicted molar refractivity (Wildman–Crippen MR) is 183 cm³/mol. The van der Waals surface area contributed by atoms with Crippen molar-refractivity contribution < 1.29 is 64.2 Å². The third kappa shape index (κ3) is 5.98. The fraction of sp³-hybridized carbons (Fsp3) is 1.00. The molecule has 8 rings (SSSR count). The second-order valence-electron chi connectivity index (χ2n) is 18.7. The fourth-order valence-corrected chi connectivity index (χ4v) is 13.2. The third-order valence-corrected chi connectivity index (χ3v) is 16.2. The van der Waals surface area contributed by atoms with Crippen LogP contribution in [0.3, 0.4) is 0 Å². The molecule has 52 heavy (non-hydrogen) atoms. The summed E-state index contributed by atoms with van der Waals surface area (Å²) in [6.45, 7) is 9.33. The van der Waals surface area contributed by atoms with Gasteiger partial charge in [-0.25, -0.2) is 0 Å². The highest BCUT2D eigenvalue weighted by molar-refractivity contribution is 5.15. The van der Waals surface area contributed by atoms with E-state index in [4.69, 9.17) is 28.4 Å². The summed E-state index contributed by atoms with van der Waals surface area (Å²) in [6.07, 6.45) is -3.88. The van der Waals surface area contributed by atoms with E-state index in [1.165, 1.54) is 25.7 Å². The van der Waals surface area contributed by atoms with E-state index in [0.29, 0.717) is 41.4 Å². The maximum Gasteiger partial charge on any atom is 0.187 e. The van der Waals surface area contributed by atoms with E-state index in [1.54, 1.807) is 0 Å². The van der Waals surface area contributed by atoms with Crippen molar-refractivity contribution in [2.75, 3.05) is 19.8 Å². The summed E-state index contributed by atoms with van der Waals surface area (Å²) in [4.78, 5) is 0. The van der Waals surface area contributed by atoms with E-state index < -0.39 is 80.4 Å². The molecule has 4 saturated carbocycles. The van der Waals surface area contributed by atoms with Crippen molar-refractivity contribution in [2.45, 2.75) is 171 Å². The third-order valence-electron chi connectivity index (χ3n) is 16.2. The number of ether oxygens (including phenoxy) is 6. The molecule has 13 nitrogen and oxygen atoms in total. The minimum Gasteiger partial charge on any atom is -0.394 e. The van der Waals surface area contributed by atoms with Crippen LogP contribution in [0.25, 0.3) is 0 Å². The van der Waals surface area contributed by atoms with E-state index in [9.17, 15) is 35.7 Å². The van der Waals surface area contributed by atoms with Gasteiger partial charge in [0.15, 0.2) is 18.4 Å². The highest BCUT2D eigenvalue weighted by Gasteiger charge is 2.69. The Morgan fingerprint density at radius 1 is 0.673 bits per heavy atom. The molecule has 1 spiro atoms. The number of hydrogen-bond acceptors (Lipinski definition) is 13. The maximum absolute atomic E-state index is 11.1. The van der Waals surface area contributed by atoms with E-state index >= 15 is 0 Å². The molecule has 0 aromatic rings. The van der Waals surface area contributed by atoms with E-state index in [-0.39, 0.29) is 23.0 Å². The summed E-state index contributed by atoms with van der Waals surface area (Å²) in [6, 6.07) is 0. The van der Waals surface area contributed by atoms with E-state index in [1.807, 2.05) is 0 Å². The highest BCUT2D eigenvalue weighted by Crippen LogP contribution is 2.71. The number of hydrogen-bond donors (Lipinski definition) is 7. The molecule has 13 heteroatoms. The lowest BCUT2D eigenvalue weighted by Crippen LogP contribution is -2.65. The molecular formula is C39H64O13. The molecule has 0 bridgehead atoms. The summed E-state index contributed by atoms with van der Waals surface area (Å²) in [7, 11) is 0. The molecule has 22 atom stereocenters. The van der Waals surface area contributed by atoms with Crippen LogP contribution in [0.1, 0.15) is 91.9 Å². The van der Waals surface area contributed by atoms with Gasteiger partial charge < -0.3 is 64.2 Å². The molecular weight excluding hydrogens is 676 g/mol. The number of aliphatic hydroxyl groups is 7. The van der Waals surface area contributed by atoms with E-state index in [2.05, 4.69) is 27.7 Å². The van der Waals surface area contributed by atoms with Crippen LogP contribution in [-0.4, -0.2) is 135 Å². The van der Waals surface area contributed by atoms with Crippen molar-refractivity contribution in [3.8, 4) is 0 Å². The molecule has 8 aliphatic rings. The molecule has 298 valence electrons. The second kappa shape index (κ2) is 14.1. The maximum atomic E-state index is 11.1. The normalized spacial score (nSPS) is 59.0. The minimum atomic E-state index is -1.71. The van der Waals surface area contributed by atoms with Gasteiger partial charge in [0.05, 0.1) is 32.0 Å². The first-order valence-corrected chi connectivity index (χ1v) is 20.3. The standard InChI is InChI=1S/C39H64O13/c1-18-7-12-39(47-17-18)19(2)28-25(52-39)14-24-22-6-5-20-13-21(8-10-37(20,3)23(22)9-11-38(24,28)4)48-36-34(32(45)30(43)27(16-41)50-36)51-35-33(46)31(44)29(42)26(15-40)49-35/h18-36,40-46H,5-17H2,1-4H3/t18?,19-,20?,21-,22+,23-,24-,25-,26+,27+,28-,29+,30-,31-,32-,33+,34+,35-,36+,37-,38-,39+/m0/s1. The topological polar surface area (TPSA) is 197 Å². The Bertz CT molecular complexity index is 1260. The lowest BCUT2D eigenvalue weighted by Gasteiger charge is -2.61. The average Bonchev–Trinajstić information content (AvgIpc) is 3.58. The number of aliphatic hydroxyl groups excluding tert-OH is 7. The number of rotatable bonds is 6. The predicted octanol–water partition coefficient (Wildman–Crippen LogP) is 1.44. The van der Waals surface area contributed by atoms with Crippen molar-refractivity contribution in [3.63, 3.8) is 0 Å². The largest absolute Gasteiger partial charge is 0.394 e. The first-order chi connectivity index (χ1) is 24.7. The molecule has 2 unspecified atom stereocenters. The molecule has 4 aliphatic heterocycles. The van der Waals surface area contributed by atoms with Crippen LogP contribution in [0.2, 0.25) is 0 Å². The van der Waals surface area contributed by atoms with Crippen molar-refractivity contribution in [1.29, 1.82) is 0 Å². The SMILES string of the molecule is CC1CC[C@@]2(OC1)O[C@H]1C[C@H]3[C@@H]4CCC5C[C@@H](O[C@@H]6O[C@H](CO)[C@H](O)[C@H](O)[C@H]6O[C@@H]6O[C@H](CO)[C@@H](O)[C@H](O)[C@H]6O)CC[C@]5(C)[C@H]4CC[C@]3(C)[C@H]1[C@@H]2C. The first kappa shape index (κ1) is 38.4. The highest BCUT2D eigenvalue weighted by atomic mass is 16.8. The van der Waals surface area contributed by atoms with Crippen LogP contribution in [0.4, 0.5) is 0 Å². The Morgan fingerprint density at radius 3 is 2.06 bits per heavy atom. The summed E-state index contributed by atoms with van der Waals surface area (Å²) in [5.41, 5.74) is 0.425. The smallest absolute Gasteiger partial charge is 0.187 e. The zero-order chi connectivity index (χ0) is 36.9. The summed E-state index contributed by atoms with van der Waals surface area (Å²) in [5.74, 6) is 3.51. The van der Waals surface area contributed by atoms with Gasteiger partial charge in [0.2, 0.25) is 0 Å². The monoisotopic (exact) mass is 740 g/mol. The molecule has 7 N–H and O–H groups in total. The van der Waals surface area contributed by atoms with Gasteiger partial charge in [-0.05, 0) is 104 Å². The quantitative estimate of drug-likeness (QED) is 0.194. The molecule has 0 amide bonds. The Morgan fingerprint density at radius 2 is 1.37 bits per heavy atom. The molecule has 4 aliphatic carbocycles. The Kier molecular flexibility index (Phi) is 10.4. The molecule has 4 heterocycles. The van der Waals surface area contributed by atoms with Gasteiger partial charge in [-0.1, -0.05) is 27.7 Å². The second-order valence-corrected chi connectivity index (χ2v) is 18.7. The minimum absolute atomic E-state index is 0.168. The first-order valence-electron chi connectivity index (χ1n) is 20.3. The van der Waals surface area contributed by atoms with Gasteiger partial charge in [0.1, 0.15) is 48.8 Å². The van der Waals surface area contributed by atoms with Gasteiger partial charge in [0.25, 0.3) is 0 Å². The van der Waals surface area contributed by atoms with Crippen LogP contribution in [-0.2, 0) is 28.4 Å². The van der Waals surface area contributed by atoms with Crippen LogP contribution in [0.5, 0.6) is 0 Å². The number of fused-ring (bicyclic) bond motifs is 7. The molecule has 0 aromatic heterocycles. The van der Waals surface area contributed by atoms with Gasteiger partial charge in [-0.3, -0.25) is 0 Å². The Hall–Kier alpha value is -0.520. The Labute approximate surface area is 307 Å². The van der Waals surface area contributed by atoms with Crippen molar-refractivity contribution >= 4 is 0 Å². The van der Waals surface area contributed by atoms with Crippen LogP contribution in [0.15, 0.2) is 0 Å². The summed E-state index contributed by atoms with van der Waals surface area (Å²) in [5, 5.41) is 72.7. The molecule has 0 aromatic carbocycles. The fourth-order valence-electron chi connectivity index (χ4n) is 13.2. The van der Waals surface area contributed by atoms with Crippen LogP contribution < -0.4 is 0 Å². The summed E-state index contributed by atoms with van der Waals surface area (Å²) >= 11 is 0. The van der Waals surface area contributed by atoms with Crippen molar-refractivity contribution in [3.05, 3.63) is 0 Å². The van der Waals surface area contributed by atoms with Gasteiger partial charge in [0, 0.05) is 12.3 Å². The van der Waals surface area contributed by atoms with Crippen molar-refractivity contribution in [2.24, 2.45) is 52.3 Å². The van der Waals surface area contributed by atoms with E-state index in [0.717, 1.165) is 45.1 Å². The van der Waals surface area contributed by atoms with Gasteiger partial charge in [-0.2, -0.15) is 0 Å². The van der Waals surface area contributed by atoms with Crippen LogP contribution >= 0.6 is 0 Å². The zero-order valence-corrected chi connectivity index (χ0v) is 31.2. The van der Waals surface area contributed by atoms with Gasteiger partial charge >= 0.3 is 0 Å². The molecule has 8 fully saturated rings. The lowest BCUT2D eigenvalue weighted by atomic mass is 9.44. The van der Waals surface area contributed by atoms with Crippen LogP contribution in [0, 0.1) is 52.3 Å². The lowest BCUT2D eigenvalue weighted by molar-refractivity contribution is -0.373. The Balaban J connectivity index is 0.942. The van der Waals surface area contributed by atoms with Gasteiger partial charge in [-0.15, -0.1) is 0 Å². The molecule has 0 radical (unpaired) electrons. The van der Waals surface area contributed by atoms with Crippen molar-refractivity contribution in [1.82, 2.24) is 0 Å². The zero-order valence-electron chi connectivity index (χ0n) is 31.2. The molecule has 4 saturated heterocycles. The summed E-state index contributed by atoms with van der Waals surface area (Å²) < 4.78 is 37.5.